The van der Waals surface area contributed by atoms with E-state index in [4.69, 9.17) is 14.7 Å². The average molecular weight is 446 g/mol. The van der Waals surface area contributed by atoms with Gasteiger partial charge >= 0.3 is 0 Å². The minimum Gasteiger partial charge on any atom is -0.496 e. The van der Waals surface area contributed by atoms with E-state index < -0.39 is 10.0 Å². The fourth-order valence-corrected chi connectivity index (χ4v) is 6.50. The number of hydrogen-bond donors (Lipinski definition) is 2. The number of fused-ring (bicyclic) bond motifs is 1. The van der Waals surface area contributed by atoms with Crippen LogP contribution in [0.25, 0.3) is 0 Å². The second-order valence-corrected chi connectivity index (χ2v) is 10.1. The number of hydrogen-bond acceptors (Lipinski definition) is 7. The number of anilines is 1. The average Bonchev–Trinajstić information content (AvgIpc) is 2.79. The number of methoxy groups -OCH3 is 1. The number of aromatic nitrogens is 2. The molecular formula is C22H31N5O3S. The number of sulfonamides is 1. The lowest BCUT2D eigenvalue weighted by molar-refractivity contribution is 0.246. The first-order chi connectivity index (χ1) is 14.9. The summed E-state index contributed by atoms with van der Waals surface area (Å²) in [6.07, 6.45) is 3.31. The van der Waals surface area contributed by atoms with Gasteiger partial charge in [0.05, 0.1) is 23.7 Å². The number of ether oxygens (including phenoxy) is 1. The van der Waals surface area contributed by atoms with E-state index in [0.29, 0.717) is 35.0 Å². The number of nitrogens with one attached hydrogen (secondary N) is 2. The molecule has 0 radical (unpaired) electrons. The maximum atomic E-state index is 13.8. The van der Waals surface area contributed by atoms with Crippen LogP contribution in [0.1, 0.15) is 53.5 Å². The number of rotatable bonds is 5. The van der Waals surface area contributed by atoms with Crippen LogP contribution in [0.2, 0.25) is 0 Å². The Bertz CT molecular complexity index is 1070. The first-order valence-corrected chi connectivity index (χ1v) is 12.3. The summed E-state index contributed by atoms with van der Waals surface area (Å²) in [6.45, 7) is 5.74. The van der Waals surface area contributed by atoms with Gasteiger partial charge in [-0.3, -0.25) is 0 Å². The Kier molecular flexibility index (Phi) is 6.18. The minimum atomic E-state index is -3.71. The molecule has 1 fully saturated rings. The van der Waals surface area contributed by atoms with Gasteiger partial charge in [0.1, 0.15) is 17.4 Å². The van der Waals surface area contributed by atoms with Crippen molar-refractivity contribution >= 4 is 15.8 Å². The largest absolute Gasteiger partial charge is 0.496 e. The summed E-state index contributed by atoms with van der Waals surface area (Å²) in [5.74, 6) is 2.07. The molecule has 1 atom stereocenters. The zero-order valence-corrected chi connectivity index (χ0v) is 19.5. The van der Waals surface area contributed by atoms with Crippen LogP contribution in [-0.4, -0.2) is 49.9 Å². The van der Waals surface area contributed by atoms with Crippen LogP contribution < -0.4 is 15.4 Å². The number of aryl methyl sites for hydroxylation is 2. The monoisotopic (exact) mass is 445 g/mol. The lowest BCUT2D eigenvalue weighted by Crippen LogP contribution is -2.40. The molecule has 1 saturated heterocycles. The molecule has 0 amide bonds. The molecule has 3 heterocycles. The van der Waals surface area contributed by atoms with Crippen molar-refractivity contribution in [1.29, 1.82) is 0 Å². The minimum absolute atomic E-state index is 0.328. The first kappa shape index (κ1) is 22.0. The van der Waals surface area contributed by atoms with Crippen LogP contribution >= 0.6 is 0 Å². The third-order valence-corrected chi connectivity index (χ3v) is 8.27. The fraction of sp³-hybridized carbons (Fsp3) is 0.545. The lowest BCUT2D eigenvalue weighted by Gasteiger charge is -2.35. The predicted octanol–water partition coefficient (Wildman–Crippen LogP) is 2.71. The highest BCUT2D eigenvalue weighted by Crippen LogP contribution is 2.37. The highest BCUT2D eigenvalue weighted by Gasteiger charge is 2.37. The van der Waals surface area contributed by atoms with Gasteiger partial charge in [-0.2, -0.15) is 4.31 Å². The summed E-state index contributed by atoms with van der Waals surface area (Å²) in [6, 6.07) is 3.14. The summed E-state index contributed by atoms with van der Waals surface area (Å²) < 4.78 is 34.6. The Morgan fingerprint density at radius 3 is 2.74 bits per heavy atom. The molecule has 31 heavy (non-hydrogen) atoms. The van der Waals surface area contributed by atoms with Crippen molar-refractivity contribution in [2.75, 3.05) is 32.6 Å². The fourth-order valence-electron chi connectivity index (χ4n) is 4.56. The van der Waals surface area contributed by atoms with Gasteiger partial charge in [0.25, 0.3) is 0 Å². The standard InChI is InChI=1S/C22H31N5O3S/c1-14-12-20(15(2)11-19(14)30-4)31(28,29)27-10-6-5-7-18(27)22-25-17-8-9-24-13-16(17)21(23-3)26-22/h11-12,18,24H,5-10,13H2,1-4H3,(H,23,25,26)/t18-/m1/s1. The molecule has 9 heteroatoms. The zero-order chi connectivity index (χ0) is 22.2. The van der Waals surface area contributed by atoms with Crippen molar-refractivity contribution in [1.82, 2.24) is 19.6 Å². The van der Waals surface area contributed by atoms with Crippen molar-refractivity contribution in [3.05, 3.63) is 40.3 Å². The topological polar surface area (TPSA) is 96.5 Å². The van der Waals surface area contributed by atoms with E-state index in [-0.39, 0.29) is 6.04 Å². The molecule has 1 aromatic heterocycles. The van der Waals surface area contributed by atoms with Crippen molar-refractivity contribution in [2.45, 2.75) is 57.0 Å². The van der Waals surface area contributed by atoms with E-state index in [9.17, 15) is 8.42 Å². The predicted molar refractivity (Wildman–Crippen MR) is 120 cm³/mol. The van der Waals surface area contributed by atoms with E-state index in [1.54, 1.807) is 23.5 Å². The second kappa shape index (κ2) is 8.72. The Hall–Kier alpha value is -2.23. The van der Waals surface area contributed by atoms with E-state index in [2.05, 4.69) is 10.6 Å². The third kappa shape index (κ3) is 4.02. The summed E-state index contributed by atoms with van der Waals surface area (Å²) in [5.41, 5.74) is 3.56. The molecule has 0 unspecified atom stereocenters. The highest BCUT2D eigenvalue weighted by molar-refractivity contribution is 7.89. The Morgan fingerprint density at radius 1 is 1.19 bits per heavy atom. The molecule has 2 aliphatic heterocycles. The van der Waals surface area contributed by atoms with Crippen LogP contribution in [0.3, 0.4) is 0 Å². The van der Waals surface area contributed by atoms with Gasteiger partial charge < -0.3 is 15.4 Å². The van der Waals surface area contributed by atoms with Gasteiger partial charge in [-0.1, -0.05) is 6.42 Å². The number of benzene rings is 1. The second-order valence-electron chi connectivity index (χ2n) is 8.25. The molecule has 8 nitrogen and oxygen atoms in total. The quantitative estimate of drug-likeness (QED) is 0.730. The molecule has 2 N–H and O–H groups in total. The van der Waals surface area contributed by atoms with Crippen LogP contribution in [0, 0.1) is 13.8 Å². The maximum Gasteiger partial charge on any atom is 0.244 e. The van der Waals surface area contributed by atoms with Crippen LogP contribution in [-0.2, 0) is 23.0 Å². The molecule has 2 aliphatic rings. The molecule has 0 spiro atoms. The molecule has 0 saturated carbocycles. The molecule has 0 aliphatic carbocycles. The van der Waals surface area contributed by atoms with Gasteiger partial charge in [-0.15, -0.1) is 0 Å². The third-order valence-electron chi connectivity index (χ3n) is 6.22. The summed E-state index contributed by atoms with van der Waals surface area (Å²) in [4.78, 5) is 9.95. The Labute approximate surface area is 184 Å². The maximum absolute atomic E-state index is 13.8. The number of piperidine rings is 1. The van der Waals surface area contributed by atoms with E-state index in [0.717, 1.165) is 55.0 Å². The van der Waals surface area contributed by atoms with Crippen LogP contribution in [0.15, 0.2) is 17.0 Å². The smallest absolute Gasteiger partial charge is 0.244 e. The van der Waals surface area contributed by atoms with Gasteiger partial charge in [0.15, 0.2) is 0 Å². The summed E-state index contributed by atoms with van der Waals surface area (Å²) in [5, 5.41) is 6.53. The van der Waals surface area contributed by atoms with Gasteiger partial charge in [-0.25, -0.2) is 18.4 Å². The zero-order valence-electron chi connectivity index (χ0n) is 18.7. The Balaban J connectivity index is 1.77. The van der Waals surface area contributed by atoms with Gasteiger partial charge in [0, 0.05) is 38.7 Å². The molecular weight excluding hydrogens is 414 g/mol. The normalized spacial score (nSPS) is 19.7. The number of nitrogens with zero attached hydrogens (tertiary/aromatic N) is 3. The molecule has 2 aromatic rings. The molecule has 0 bridgehead atoms. The highest BCUT2D eigenvalue weighted by atomic mass is 32.2. The van der Waals surface area contributed by atoms with E-state index >= 15 is 0 Å². The van der Waals surface area contributed by atoms with Gasteiger partial charge in [0.2, 0.25) is 10.0 Å². The van der Waals surface area contributed by atoms with Crippen LogP contribution in [0.5, 0.6) is 5.75 Å². The van der Waals surface area contributed by atoms with Crippen LogP contribution in [0.4, 0.5) is 5.82 Å². The van der Waals surface area contributed by atoms with Gasteiger partial charge in [-0.05, 0) is 49.9 Å². The first-order valence-electron chi connectivity index (χ1n) is 10.8. The molecule has 168 valence electrons. The van der Waals surface area contributed by atoms with E-state index in [1.165, 1.54) is 0 Å². The van der Waals surface area contributed by atoms with Crippen molar-refractivity contribution in [2.24, 2.45) is 0 Å². The summed E-state index contributed by atoms with van der Waals surface area (Å²) in [7, 11) is -0.270. The lowest BCUT2D eigenvalue weighted by atomic mass is 10.0. The van der Waals surface area contributed by atoms with Crippen molar-refractivity contribution in [3.63, 3.8) is 0 Å². The molecule has 1 aromatic carbocycles. The SMILES string of the molecule is CNc1nc([C@H]2CCCCN2S(=O)(=O)c2cc(C)c(OC)cc2C)nc2c1CNCC2. The van der Waals surface area contributed by atoms with Crippen molar-refractivity contribution in [3.8, 4) is 5.75 Å². The van der Waals surface area contributed by atoms with Crippen molar-refractivity contribution < 1.29 is 13.2 Å². The summed E-state index contributed by atoms with van der Waals surface area (Å²) >= 11 is 0. The Morgan fingerprint density at radius 2 is 2.00 bits per heavy atom. The van der Waals surface area contributed by atoms with E-state index in [1.807, 2.05) is 20.9 Å². The molecule has 4 rings (SSSR count).